The van der Waals surface area contributed by atoms with Gasteiger partial charge in [0.05, 0.1) is 104 Å². The molecule has 0 aliphatic carbocycles. The second-order valence-corrected chi connectivity index (χ2v) is 8.00. The first-order valence-electron chi connectivity index (χ1n) is 12.6. The summed E-state index contributed by atoms with van der Waals surface area (Å²) in [4.78, 5) is 2.17. The number of nitrogens with two attached hydrogens (primary N) is 1. The van der Waals surface area contributed by atoms with Gasteiger partial charge in [-0.2, -0.15) is 0 Å². The van der Waals surface area contributed by atoms with Crippen LogP contribution in [0.5, 0.6) is 5.75 Å². The van der Waals surface area contributed by atoms with Crippen molar-refractivity contribution in [3.63, 3.8) is 0 Å². The number of anilines is 2. The van der Waals surface area contributed by atoms with E-state index in [0.717, 1.165) is 5.69 Å². The van der Waals surface area contributed by atoms with Gasteiger partial charge >= 0.3 is 0 Å². The van der Waals surface area contributed by atoms with Gasteiger partial charge in [-0.25, -0.2) is 0 Å². The largest absolute Gasteiger partial charge is 0.489 e. The Hall–Kier alpha value is -1.70. The fourth-order valence-electron chi connectivity index (χ4n) is 3.01. The van der Waals surface area contributed by atoms with Crippen molar-refractivity contribution in [2.75, 3.05) is 116 Å². The molecule has 0 unspecified atom stereocenters. The number of aliphatic hydroxyl groups is 2. The lowest BCUT2D eigenvalue weighted by molar-refractivity contribution is 0.00694. The van der Waals surface area contributed by atoms with Crippen molar-refractivity contribution in [1.29, 1.82) is 0 Å². The van der Waals surface area contributed by atoms with Crippen LogP contribution in [-0.2, 0) is 28.4 Å². The first-order chi connectivity index (χ1) is 17.6. The Bertz CT molecular complexity index is 614. The smallest absolute Gasteiger partial charge is 0.144 e. The topological polar surface area (TPSA) is 134 Å². The molecule has 0 amide bonds. The third kappa shape index (κ3) is 16.9. The van der Waals surface area contributed by atoms with Crippen molar-refractivity contribution in [2.24, 2.45) is 0 Å². The van der Waals surface area contributed by atoms with Crippen LogP contribution in [0.1, 0.15) is 13.8 Å². The molecule has 0 fully saturated rings. The minimum atomic E-state index is 0.0130. The highest BCUT2D eigenvalue weighted by Crippen LogP contribution is 2.28. The van der Waals surface area contributed by atoms with Crippen LogP contribution in [0.2, 0.25) is 0 Å². The Labute approximate surface area is 215 Å². The minimum absolute atomic E-state index is 0.0130. The molecule has 0 bridgehead atoms. The second kappa shape index (κ2) is 22.5. The molecule has 0 spiro atoms. The summed E-state index contributed by atoms with van der Waals surface area (Å²) in [6.45, 7) is 10.7. The summed E-state index contributed by atoms with van der Waals surface area (Å²) < 4.78 is 38.5. The highest BCUT2D eigenvalue weighted by atomic mass is 16.6. The van der Waals surface area contributed by atoms with Gasteiger partial charge in [0.25, 0.3) is 0 Å². The molecule has 0 aliphatic heterocycles. The van der Waals surface area contributed by atoms with Gasteiger partial charge in [0.2, 0.25) is 0 Å². The average Bonchev–Trinajstić information content (AvgIpc) is 2.86. The summed E-state index contributed by atoms with van der Waals surface area (Å²) in [6.07, 6.45) is 0.0192. The van der Waals surface area contributed by atoms with E-state index >= 15 is 0 Å². The molecule has 36 heavy (non-hydrogen) atoms. The molecule has 0 saturated carbocycles. The number of nitrogen functional groups attached to an aromatic ring is 1. The number of hydrogen-bond donors (Lipinski definition) is 3. The minimum Gasteiger partial charge on any atom is -0.489 e. The third-order valence-corrected chi connectivity index (χ3v) is 4.70. The van der Waals surface area contributed by atoms with Crippen LogP contribution in [0.15, 0.2) is 18.2 Å². The quantitative estimate of drug-likeness (QED) is 0.126. The first-order valence-corrected chi connectivity index (χ1v) is 12.6. The van der Waals surface area contributed by atoms with Gasteiger partial charge in [0.15, 0.2) is 0 Å². The van der Waals surface area contributed by atoms with Crippen LogP contribution in [-0.4, -0.2) is 122 Å². The SMILES string of the molecule is CC(C)Oc1cc(N(CCOCCOCCOCCO)CCOCCOCCOCCO)ccc1N. The highest BCUT2D eigenvalue weighted by molar-refractivity contribution is 5.62. The van der Waals surface area contributed by atoms with E-state index in [0.29, 0.717) is 104 Å². The van der Waals surface area contributed by atoms with E-state index < -0.39 is 0 Å². The first kappa shape index (κ1) is 32.3. The monoisotopic (exact) mass is 518 g/mol. The molecule has 1 rings (SSSR count). The van der Waals surface area contributed by atoms with Crippen molar-refractivity contribution >= 4 is 11.4 Å². The molecule has 0 aliphatic rings. The highest BCUT2D eigenvalue weighted by Gasteiger charge is 2.11. The van der Waals surface area contributed by atoms with E-state index in [1.807, 2.05) is 32.0 Å². The molecule has 11 heteroatoms. The Morgan fingerprint density at radius 3 is 1.50 bits per heavy atom. The number of hydrogen-bond acceptors (Lipinski definition) is 11. The van der Waals surface area contributed by atoms with E-state index in [9.17, 15) is 0 Å². The molecule has 11 nitrogen and oxygen atoms in total. The van der Waals surface area contributed by atoms with Crippen LogP contribution < -0.4 is 15.4 Å². The molecule has 4 N–H and O–H groups in total. The summed E-state index contributed by atoms with van der Waals surface area (Å²) in [5.41, 5.74) is 7.66. The summed E-state index contributed by atoms with van der Waals surface area (Å²) in [7, 11) is 0. The molecule has 0 aromatic heterocycles. The van der Waals surface area contributed by atoms with Crippen molar-refractivity contribution in [1.82, 2.24) is 0 Å². The van der Waals surface area contributed by atoms with Crippen LogP contribution in [0.4, 0.5) is 11.4 Å². The third-order valence-electron chi connectivity index (χ3n) is 4.70. The lowest BCUT2D eigenvalue weighted by atomic mass is 10.2. The zero-order chi connectivity index (χ0) is 26.3. The van der Waals surface area contributed by atoms with Gasteiger partial charge in [-0.3, -0.25) is 0 Å². The van der Waals surface area contributed by atoms with Crippen LogP contribution in [0.25, 0.3) is 0 Å². The van der Waals surface area contributed by atoms with E-state index in [-0.39, 0.29) is 19.3 Å². The van der Waals surface area contributed by atoms with Crippen LogP contribution in [0, 0.1) is 0 Å². The number of benzene rings is 1. The van der Waals surface area contributed by atoms with Crippen LogP contribution >= 0.6 is 0 Å². The number of ether oxygens (including phenoxy) is 7. The van der Waals surface area contributed by atoms with Gasteiger partial charge in [-0.15, -0.1) is 0 Å². The maximum absolute atomic E-state index is 8.67. The molecule has 210 valence electrons. The zero-order valence-electron chi connectivity index (χ0n) is 21.9. The van der Waals surface area contributed by atoms with Crippen molar-refractivity contribution in [3.05, 3.63) is 18.2 Å². The predicted molar refractivity (Wildman–Crippen MR) is 138 cm³/mol. The lowest BCUT2D eigenvalue weighted by Crippen LogP contribution is -2.31. The Morgan fingerprint density at radius 2 is 1.08 bits per heavy atom. The molecular weight excluding hydrogens is 472 g/mol. The normalized spacial score (nSPS) is 11.4. The molecule has 0 saturated heterocycles. The average molecular weight is 519 g/mol. The Kier molecular flexibility index (Phi) is 20.2. The summed E-state index contributed by atoms with van der Waals surface area (Å²) >= 11 is 0. The molecule has 1 aromatic rings. The molecule has 0 atom stereocenters. The number of rotatable bonds is 25. The van der Waals surface area contributed by atoms with Crippen molar-refractivity contribution in [3.8, 4) is 5.75 Å². The van der Waals surface area contributed by atoms with E-state index in [1.54, 1.807) is 0 Å². The standard InChI is InChI=1S/C25H46N2O9/c1-22(2)36-25-21-23(3-4-24(25)26)27(5-9-30-13-17-34-19-15-32-11-7-28)6-10-31-14-18-35-20-16-33-12-8-29/h3-4,21-22,28-29H,5-20,26H2,1-2H3. The molecule has 0 heterocycles. The molecule has 1 aromatic carbocycles. The van der Waals surface area contributed by atoms with Crippen molar-refractivity contribution < 1.29 is 43.4 Å². The van der Waals surface area contributed by atoms with Gasteiger partial charge in [-0.05, 0) is 26.0 Å². The fraction of sp³-hybridized carbons (Fsp3) is 0.760. The summed E-state index contributed by atoms with van der Waals surface area (Å²) in [5, 5.41) is 17.3. The summed E-state index contributed by atoms with van der Waals surface area (Å²) in [6, 6.07) is 5.76. The summed E-state index contributed by atoms with van der Waals surface area (Å²) in [5.74, 6) is 0.656. The number of aliphatic hydroxyl groups excluding tert-OH is 2. The maximum Gasteiger partial charge on any atom is 0.144 e. The van der Waals surface area contributed by atoms with Gasteiger partial charge in [0, 0.05) is 24.8 Å². The molecule has 0 radical (unpaired) electrons. The number of nitrogens with zero attached hydrogens (tertiary/aromatic N) is 1. The Balaban J connectivity index is 2.41. The van der Waals surface area contributed by atoms with E-state index in [1.165, 1.54) is 0 Å². The van der Waals surface area contributed by atoms with Gasteiger partial charge in [0.1, 0.15) is 5.75 Å². The second-order valence-electron chi connectivity index (χ2n) is 8.00. The van der Waals surface area contributed by atoms with E-state index in [2.05, 4.69) is 4.90 Å². The molecular formula is C25H46N2O9. The van der Waals surface area contributed by atoms with Crippen molar-refractivity contribution in [2.45, 2.75) is 20.0 Å². The zero-order valence-corrected chi connectivity index (χ0v) is 21.9. The lowest BCUT2D eigenvalue weighted by Gasteiger charge is -2.26. The van der Waals surface area contributed by atoms with Crippen LogP contribution in [0.3, 0.4) is 0 Å². The fourth-order valence-corrected chi connectivity index (χ4v) is 3.01. The van der Waals surface area contributed by atoms with Gasteiger partial charge < -0.3 is 54.0 Å². The Morgan fingerprint density at radius 1 is 0.667 bits per heavy atom. The van der Waals surface area contributed by atoms with E-state index in [4.69, 9.17) is 49.1 Å². The van der Waals surface area contributed by atoms with Gasteiger partial charge in [-0.1, -0.05) is 0 Å². The predicted octanol–water partition coefficient (Wildman–Crippen LogP) is 0.947. The maximum atomic E-state index is 8.67.